The SMILES string of the molecule is CC/C=C(/C)C(=O)NC1COCC1O. The average molecular weight is 199 g/mol. The van der Waals surface area contributed by atoms with Crippen LogP contribution in [0.15, 0.2) is 11.6 Å². The fraction of sp³-hybridized carbons (Fsp3) is 0.700. The number of allylic oxidation sites excluding steroid dienone is 1. The molecule has 1 amide bonds. The number of rotatable bonds is 3. The van der Waals surface area contributed by atoms with Gasteiger partial charge in [-0.15, -0.1) is 0 Å². The number of carbonyl (C=O) groups is 1. The van der Waals surface area contributed by atoms with Gasteiger partial charge in [0, 0.05) is 5.57 Å². The zero-order valence-electron chi connectivity index (χ0n) is 8.62. The van der Waals surface area contributed by atoms with Gasteiger partial charge in [-0.2, -0.15) is 0 Å². The van der Waals surface area contributed by atoms with Crippen molar-refractivity contribution in [3.63, 3.8) is 0 Å². The van der Waals surface area contributed by atoms with Gasteiger partial charge in [0.05, 0.1) is 25.4 Å². The Labute approximate surface area is 83.9 Å². The van der Waals surface area contributed by atoms with Gasteiger partial charge in [-0.1, -0.05) is 13.0 Å². The van der Waals surface area contributed by atoms with E-state index >= 15 is 0 Å². The molecular weight excluding hydrogens is 182 g/mol. The summed E-state index contributed by atoms with van der Waals surface area (Å²) in [6, 6.07) is -0.261. The molecule has 0 bridgehead atoms. The second-order valence-electron chi connectivity index (χ2n) is 3.48. The first-order valence-corrected chi connectivity index (χ1v) is 4.88. The Balaban J connectivity index is 2.44. The molecule has 0 saturated carbocycles. The van der Waals surface area contributed by atoms with Crippen LogP contribution in [0.3, 0.4) is 0 Å². The lowest BCUT2D eigenvalue weighted by molar-refractivity contribution is -0.118. The average Bonchev–Trinajstić information content (AvgIpc) is 2.52. The number of aliphatic hydroxyl groups is 1. The highest BCUT2D eigenvalue weighted by Crippen LogP contribution is 2.06. The minimum absolute atomic E-state index is 0.124. The van der Waals surface area contributed by atoms with Gasteiger partial charge < -0.3 is 15.2 Å². The third-order valence-corrected chi connectivity index (χ3v) is 2.24. The first kappa shape index (κ1) is 11.2. The van der Waals surface area contributed by atoms with Crippen LogP contribution in [0.1, 0.15) is 20.3 Å². The smallest absolute Gasteiger partial charge is 0.246 e. The maximum atomic E-state index is 11.5. The van der Waals surface area contributed by atoms with Crippen molar-refractivity contribution >= 4 is 5.91 Å². The van der Waals surface area contributed by atoms with E-state index in [0.29, 0.717) is 18.8 Å². The topological polar surface area (TPSA) is 58.6 Å². The van der Waals surface area contributed by atoms with E-state index < -0.39 is 6.10 Å². The molecule has 0 aliphatic carbocycles. The molecule has 14 heavy (non-hydrogen) atoms. The summed E-state index contributed by atoms with van der Waals surface area (Å²) in [5.74, 6) is -0.124. The predicted molar refractivity (Wildman–Crippen MR) is 52.8 cm³/mol. The number of hydrogen-bond donors (Lipinski definition) is 2. The van der Waals surface area contributed by atoms with Crippen LogP contribution in [-0.2, 0) is 9.53 Å². The molecule has 1 saturated heterocycles. The Morgan fingerprint density at radius 2 is 2.36 bits per heavy atom. The number of amides is 1. The molecule has 0 aromatic carbocycles. The zero-order chi connectivity index (χ0) is 10.6. The molecule has 1 heterocycles. The van der Waals surface area contributed by atoms with Crippen LogP contribution in [0.5, 0.6) is 0 Å². The highest BCUT2D eigenvalue weighted by molar-refractivity contribution is 5.92. The van der Waals surface area contributed by atoms with E-state index in [1.807, 2.05) is 13.0 Å². The van der Waals surface area contributed by atoms with Gasteiger partial charge in [0.1, 0.15) is 0 Å². The van der Waals surface area contributed by atoms with E-state index in [4.69, 9.17) is 4.74 Å². The lowest BCUT2D eigenvalue weighted by Gasteiger charge is -2.14. The molecule has 1 aliphatic heterocycles. The summed E-state index contributed by atoms with van der Waals surface area (Å²) in [6.07, 6.45) is 2.12. The second kappa shape index (κ2) is 5.12. The van der Waals surface area contributed by atoms with E-state index in [-0.39, 0.29) is 11.9 Å². The van der Waals surface area contributed by atoms with E-state index in [0.717, 1.165) is 6.42 Å². The molecule has 2 N–H and O–H groups in total. The Bertz CT molecular complexity index is 238. The zero-order valence-corrected chi connectivity index (χ0v) is 8.62. The summed E-state index contributed by atoms with van der Waals surface area (Å²) in [4.78, 5) is 11.5. The van der Waals surface area contributed by atoms with Gasteiger partial charge in [0.15, 0.2) is 0 Å². The van der Waals surface area contributed by atoms with Crippen LogP contribution in [0, 0.1) is 0 Å². The van der Waals surface area contributed by atoms with E-state index in [9.17, 15) is 9.90 Å². The third-order valence-electron chi connectivity index (χ3n) is 2.24. The van der Waals surface area contributed by atoms with Crippen LogP contribution in [0.25, 0.3) is 0 Å². The first-order chi connectivity index (χ1) is 6.65. The van der Waals surface area contributed by atoms with Crippen LogP contribution in [0.2, 0.25) is 0 Å². The minimum atomic E-state index is -0.576. The summed E-state index contributed by atoms with van der Waals surface area (Å²) < 4.78 is 5.03. The molecule has 0 spiro atoms. The molecule has 1 aliphatic rings. The van der Waals surface area contributed by atoms with Crippen LogP contribution < -0.4 is 5.32 Å². The van der Waals surface area contributed by atoms with Crippen molar-refractivity contribution < 1.29 is 14.6 Å². The molecular formula is C10H17NO3. The summed E-state index contributed by atoms with van der Waals surface area (Å²) in [5, 5.41) is 12.1. The van der Waals surface area contributed by atoms with E-state index in [1.165, 1.54) is 0 Å². The van der Waals surface area contributed by atoms with Crippen molar-refractivity contribution in [2.45, 2.75) is 32.4 Å². The molecule has 80 valence electrons. The number of hydrogen-bond acceptors (Lipinski definition) is 3. The van der Waals surface area contributed by atoms with Gasteiger partial charge in [-0.25, -0.2) is 0 Å². The monoisotopic (exact) mass is 199 g/mol. The Morgan fingerprint density at radius 1 is 1.64 bits per heavy atom. The Hall–Kier alpha value is -0.870. The first-order valence-electron chi connectivity index (χ1n) is 4.88. The molecule has 4 heteroatoms. The van der Waals surface area contributed by atoms with Crippen LogP contribution in [0.4, 0.5) is 0 Å². The van der Waals surface area contributed by atoms with Crippen molar-refractivity contribution in [2.24, 2.45) is 0 Å². The summed E-state index contributed by atoms with van der Waals surface area (Å²) in [7, 11) is 0. The van der Waals surface area contributed by atoms with E-state index in [2.05, 4.69) is 5.32 Å². The normalized spacial score (nSPS) is 27.8. The number of aliphatic hydroxyl groups excluding tert-OH is 1. The van der Waals surface area contributed by atoms with Crippen molar-refractivity contribution in [3.05, 3.63) is 11.6 Å². The molecule has 2 unspecified atom stereocenters. The lowest BCUT2D eigenvalue weighted by atomic mass is 10.2. The largest absolute Gasteiger partial charge is 0.388 e. The number of ether oxygens (including phenoxy) is 1. The molecule has 4 nitrogen and oxygen atoms in total. The maximum Gasteiger partial charge on any atom is 0.246 e. The molecule has 0 radical (unpaired) electrons. The third kappa shape index (κ3) is 2.82. The number of nitrogens with one attached hydrogen (secondary N) is 1. The molecule has 1 fully saturated rings. The van der Waals surface area contributed by atoms with Gasteiger partial charge in [-0.05, 0) is 13.3 Å². The van der Waals surface area contributed by atoms with Crippen molar-refractivity contribution in [1.82, 2.24) is 5.32 Å². The maximum absolute atomic E-state index is 11.5. The van der Waals surface area contributed by atoms with Crippen LogP contribution >= 0.6 is 0 Å². The Kier molecular flexibility index (Phi) is 4.10. The van der Waals surface area contributed by atoms with E-state index in [1.54, 1.807) is 6.92 Å². The van der Waals surface area contributed by atoms with Gasteiger partial charge >= 0.3 is 0 Å². The summed E-state index contributed by atoms with van der Waals surface area (Å²) in [5.41, 5.74) is 0.687. The summed E-state index contributed by atoms with van der Waals surface area (Å²) in [6.45, 7) is 4.44. The molecule has 1 rings (SSSR count). The molecule has 0 aromatic rings. The van der Waals surface area contributed by atoms with Crippen LogP contribution in [-0.4, -0.2) is 36.4 Å². The summed E-state index contributed by atoms with van der Waals surface area (Å²) >= 11 is 0. The second-order valence-corrected chi connectivity index (χ2v) is 3.48. The fourth-order valence-electron chi connectivity index (χ4n) is 1.36. The molecule has 2 atom stereocenters. The fourth-order valence-corrected chi connectivity index (χ4v) is 1.36. The van der Waals surface area contributed by atoms with Gasteiger partial charge in [-0.3, -0.25) is 4.79 Å². The van der Waals surface area contributed by atoms with Crippen molar-refractivity contribution in [2.75, 3.05) is 13.2 Å². The quantitative estimate of drug-likeness (QED) is 0.639. The van der Waals surface area contributed by atoms with Gasteiger partial charge in [0.2, 0.25) is 5.91 Å². The number of carbonyl (C=O) groups excluding carboxylic acids is 1. The lowest BCUT2D eigenvalue weighted by Crippen LogP contribution is -2.42. The predicted octanol–water partition coefficient (Wildman–Crippen LogP) is 0.219. The Morgan fingerprint density at radius 3 is 2.86 bits per heavy atom. The van der Waals surface area contributed by atoms with Crippen molar-refractivity contribution in [1.29, 1.82) is 0 Å². The highest BCUT2D eigenvalue weighted by atomic mass is 16.5. The minimum Gasteiger partial charge on any atom is -0.388 e. The standard InChI is InChI=1S/C10H17NO3/c1-3-4-7(2)10(13)11-8-5-14-6-9(8)12/h4,8-9,12H,3,5-6H2,1-2H3,(H,11,13)/b7-4-. The highest BCUT2D eigenvalue weighted by Gasteiger charge is 2.27. The van der Waals surface area contributed by atoms with Gasteiger partial charge in [0.25, 0.3) is 0 Å². The molecule has 0 aromatic heterocycles. The van der Waals surface area contributed by atoms with Crippen molar-refractivity contribution in [3.8, 4) is 0 Å².